The maximum absolute atomic E-state index is 14.7. The lowest BCUT2D eigenvalue weighted by molar-refractivity contribution is 0.324. The summed E-state index contributed by atoms with van der Waals surface area (Å²) in [7, 11) is 0.758. The Hall–Kier alpha value is -4.15. The van der Waals surface area contributed by atoms with Gasteiger partial charge in [0.05, 0.1) is 39.3 Å². The van der Waals surface area contributed by atoms with E-state index in [2.05, 4.69) is 25.3 Å². The quantitative estimate of drug-likeness (QED) is 0.268. The molecule has 1 heterocycles. The highest BCUT2D eigenvalue weighted by Crippen LogP contribution is 2.40. The van der Waals surface area contributed by atoms with Crippen molar-refractivity contribution in [1.29, 1.82) is 5.26 Å². The number of nitrogens with one attached hydrogen (secondary N) is 3. The minimum absolute atomic E-state index is 0.0733. The Morgan fingerprint density at radius 1 is 1.08 bits per heavy atom. The van der Waals surface area contributed by atoms with Gasteiger partial charge in [-0.05, 0) is 30.5 Å². The molecule has 202 valence electrons. The summed E-state index contributed by atoms with van der Waals surface area (Å²) in [5.74, 6) is 0.0704. The second-order valence-electron chi connectivity index (χ2n) is 8.07. The Balaban J connectivity index is 1.87. The summed E-state index contributed by atoms with van der Waals surface area (Å²) in [6.07, 6.45) is 1.65. The number of benzene rings is 2. The van der Waals surface area contributed by atoms with Gasteiger partial charge < -0.3 is 24.8 Å². The first-order valence-electron chi connectivity index (χ1n) is 11.5. The van der Waals surface area contributed by atoms with E-state index in [4.69, 9.17) is 19.5 Å². The fourth-order valence-electron chi connectivity index (χ4n) is 3.57. The van der Waals surface area contributed by atoms with E-state index in [9.17, 15) is 12.8 Å². The summed E-state index contributed by atoms with van der Waals surface area (Å²) >= 11 is 0. The number of hydrogen-bond acceptors (Lipinski definition) is 10. The Labute approximate surface area is 221 Å². The van der Waals surface area contributed by atoms with E-state index in [-0.39, 0.29) is 30.5 Å². The Morgan fingerprint density at radius 2 is 1.79 bits per heavy atom. The smallest absolute Gasteiger partial charge is 0.229 e. The van der Waals surface area contributed by atoms with E-state index in [0.717, 1.165) is 6.20 Å². The lowest BCUT2D eigenvalue weighted by Gasteiger charge is -2.16. The zero-order valence-electron chi connectivity index (χ0n) is 21.5. The fourth-order valence-corrected chi connectivity index (χ4v) is 4.89. The highest BCUT2D eigenvalue weighted by Gasteiger charge is 2.18. The van der Waals surface area contributed by atoms with Gasteiger partial charge in [0, 0.05) is 36.5 Å². The number of methoxy groups -OCH3 is 3. The van der Waals surface area contributed by atoms with Crippen molar-refractivity contribution in [2.45, 2.75) is 25.5 Å². The summed E-state index contributed by atoms with van der Waals surface area (Å²) in [5.41, 5.74) is 2.03. The lowest BCUT2D eigenvalue weighted by Crippen LogP contribution is -2.26. The molecule has 38 heavy (non-hydrogen) atoms. The molecule has 2 aromatic carbocycles. The first kappa shape index (κ1) is 28.4. The van der Waals surface area contributed by atoms with Gasteiger partial charge in [-0.25, -0.2) is 22.5 Å². The van der Waals surface area contributed by atoms with Crippen LogP contribution in [0.5, 0.6) is 17.2 Å². The topological polar surface area (TPSA) is 147 Å². The molecule has 11 nitrogen and oxygen atoms in total. The highest BCUT2D eigenvalue weighted by molar-refractivity contribution is 7.88. The van der Waals surface area contributed by atoms with Crippen molar-refractivity contribution < 1.29 is 27.0 Å². The van der Waals surface area contributed by atoms with Crippen LogP contribution in [0.4, 0.5) is 27.5 Å². The van der Waals surface area contributed by atoms with Gasteiger partial charge in [0.2, 0.25) is 21.7 Å². The van der Waals surface area contributed by atoms with Gasteiger partial charge in [-0.1, -0.05) is 12.1 Å². The number of nitriles is 1. The van der Waals surface area contributed by atoms with Crippen LogP contribution in [0.3, 0.4) is 0 Å². The van der Waals surface area contributed by atoms with Crippen molar-refractivity contribution >= 4 is 33.2 Å². The number of unbranched alkanes of at least 4 members (excludes halogenated alkanes) is 1. The summed E-state index contributed by atoms with van der Waals surface area (Å²) in [6.45, 7) is 1.92. The summed E-state index contributed by atoms with van der Waals surface area (Å²) in [6, 6.07) is 10.4. The molecule has 0 aliphatic rings. The molecule has 3 aromatic rings. The molecule has 0 unspecified atom stereocenters. The third-order valence-corrected chi connectivity index (χ3v) is 6.76. The van der Waals surface area contributed by atoms with Crippen LogP contribution < -0.4 is 29.6 Å². The Kier molecular flexibility index (Phi) is 9.64. The molecule has 0 spiro atoms. The second kappa shape index (κ2) is 12.9. The number of aromatic nitrogens is 2. The standard InChI is InChI=1S/C25H29FN6O5S/c1-16-8-7-9-20(18(16)15-38(33,34)29-11-6-5-10-27)31-24-19(26)14-28-25(32-24)30-17-12-21(35-2)23(37-4)22(13-17)36-3/h7-9,12-14,29H,5-6,11,15H2,1-4H3,(H2,28,30,31,32). The highest BCUT2D eigenvalue weighted by atomic mass is 32.2. The molecule has 0 aliphatic carbocycles. The molecule has 0 aliphatic heterocycles. The lowest BCUT2D eigenvalue weighted by atomic mass is 10.1. The van der Waals surface area contributed by atoms with Crippen LogP contribution in [-0.2, 0) is 15.8 Å². The number of ether oxygens (including phenoxy) is 3. The van der Waals surface area contributed by atoms with E-state index in [1.54, 1.807) is 37.3 Å². The summed E-state index contributed by atoms with van der Waals surface area (Å²) < 4.78 is 58.5. The molecule has 3 rings (SSSR count). The van der Waals surface area contributed by atoms with Crippen LogP contribution in [0.2, 0.25) is 0 Å². The van der Waals surface area contributed by atoms with E-state index >= 15 is 0 Å². The molecule has 0 radical (unpaired) electrons. The molecule has 0 atom stereocenters. The van der Waals surface area contributed by atoms with Gasteiger partial charge >= 0.3 is 0 Å². The molecule has 0 amide bonds. The van der Waals surface area contributed by atoms with Crippen molar-refractivity contribution in [3.05, 3.63) is 53.5 Å². The zero-order chi connectivity index (χ0) is 27.7. The first-order chi connectivity index (χ1) is 18.2. The van der Waals surface area contributed by atoms with E-state index in [1.165, 1.54) is 21.3 Å². The third-order valence-electron chi connectivity index (χ3n) is 5.45. The largest absolute Gasteiger partial charge is 0.493 e. The number of anilines is 4. The van der Waals surface area contributed by atoms with Gasteiger partial charge in [-0.2, -0.15) is 10.2 Å². The summed E-state index contributed by atoms with van der Waals surface area (Å²) in [5, 5.41) is 14.5. The SMILES string of the molecule is COc1cc(Nc2ncc(F)c(Nc3cccc(C)c3CS(=O)(=O)NCCCC#N)n2)cc(OC)c1OC. The number of nitrogens with zero attached hydrogens (tertiary/aromatic N) is 3. The average molecular weight is 545 g/mol. The molecule has 0 saturated heterocycles. The summed E-state index contributed by atoms with van der Waals surface area (Å²) in [4.78, 5) is 8.24. The van der Waals surface area contributed by atoms with Crippen molar-refractivity contribution in [3.8, 4) is 23.3 Å². The number of aryl methyl sites for hydroxylation is 1. The zero-order valence-corrected chi connectivity index (χ0v) is 22.3. The van der Waals surface area contributed by atoms with Crippen LogP contribution in [-0.4, -0.2) is 46.3 Å². The van der Waals surface area contributed by atoms with Crippen molar-refractivity contribution in [2.24, 2.45) is 0 Å². The molecular formula is C25H29FN6O5S. The van der Waals surface area contributed by atoms with Gasteiger partial charge in [0.25, 0.3) is 0 Å². The maximum atomic E-state index is 14.7. The van der Waals surface area contributed by atoms with Crippen LogP contribution in [0, 0.1) is 24.1 Å². The molecule has 0 bridgehead atoms. The van der Waals surface area contributed by atoms with E-state index < -0.39 is 15.8 Å². The fraction of sp³-hybridized carbons (Fsp3) is 0.320. The van der Waals surface area contributed by atoms with Crippen LogP contribution in [0.25, 0.3) is 0 Å². The predicted molar refractivity (Wildman–Crippen MR) is 141 cm³/mol. The monoisotopic (exact) mass is 544 g/mol. The minimum Gasteiger partial charge on any atom is -0.493 e. The van der Waals surface area contributed by atoms with Crippen LogP contribution in [0.15, 0.2) is 36.5 Å². The first-order valence-corrected chi connectivity index (χ1v) is 13.2. The Morgan fingerprint density at radius 3 is 2.42 bits per heavy atom. The molecule has 0 saturated carbocycles. The van der Waals surface area contributed by atoms with E-state index in [1.807, 2.05) is 6.07 Å². The normalized spacial score (nSPS) is 10.9. The molecule has 3 N–H and O–H groups in total. The van der Waals surface area contributed by atoms with Crippen molar-refractivity contribution in [1.82, 2.24) is 14.7 Å². The van der Waals surface area contributed by atoms with Gasteiger partial charge in [-0.15, -0.1) is 0 Å². The van der Waals surface area contributed by atoms with Crippen molar-refractivity contribution in [3.63, 3.8) is 0 Å². The van der Waals surface area contributed by atoms with Gasteiger partial charge in [0.1, 0.15) is 0 Å². The number of hydrogen-bond donors (Lipinski definition) is 3. The number of rotatable bonds is 13. The average Bonchev–Trinajstić information content (AvgIpc) is 2.89. The molecule has 13 heteroatoms. The number of halogens is 1. The third kappa shape index (κ3) is 7.21. The van der Waals surface area contributed by atoms with Crippen LogP contribution in [0.1, 0.15) is 24.0 Å². The molecule has 0 fully saturated rings. The number of sulfonamides is 1. The van der Waals surface area contributed by atoms with Gasteiger partial charge in [-0.3, -0.25) is 0 Å². The minimum atomic E-state index is -3.70. The predicted octanol–water partition coefficient (Wildman–Crippen LogP) is 4.16. The molecular weight excluding hydrogens is 515 g/mol. The van der Waals surface area contributed by atoms with E-state index in [0.29, 0.717) is 46.2 Å². The molecule has 1 aromatic heterocycles. The van der Waals surface area contributed by atoms with Crippen LogP contribution >= 0.6 is 0 Å². The van der Waals surface area contributed by atoms with Crippen molar-refractivity contribution in [2.75, 3.05) is 38.5 Å². The maximum Gasteiger partial charge on any atom is 0.229 e. The second-order valence-corrected chi connectivity index (χ2v) is 9.88. The Bertz CT molecular complexity index is 1400. The van der Waals surface area contributed by atoms with Gasteiger partial charge in [0.15, 0.2) is 23.1 Å².